The lowest BCUT2D eigenvalue weighted by atomic mass is 10.1. The zero-order chi connectivity index (χ0) is 25.6. The molecule has 11 heteroatoms. The zero-order valence-electron chi connectivity index (χ0n) is 19.0. The fourth-order valence-corrected chi connectivity index (χ4v) is 3.96. The molecule has 0 saturated carbocycles. The Morgan fingerprint density at radius 1 is 1.17 bits per heavy atom. The number of hydrogen-bond donors (Lipinski definition) is 2. The van der Waals surface area contributed by atoms with Crippen molar-refractivity contribution in [1.82, 2.24) is 19.8 Å². The molecule has 8 nitrogen and oxygen atoms in total. The summed E-state index contributed by atoms with van der Waals surface area (Å²) in [5.74, 6) is -2.97. The topological polar surface area (TPSA) is 105 Å². The van der Waals surface area contributed by atoms with E-state index in [2.05, 4.69) is 15.2 Å². The number of aliphatic carboxylic acids is 1. The number of carboxylic acids is 1. The first kappa shape index (κ1) is 25.9. The summed E-state index contributed by atoms with van der Waals surface area (Å²) in [6, 6.07) is 15.0. The first-order valence-corrected chi connectivity index (χ1v) is 10.9. The van der Waals surface area contributed by atoms with E-state index in [-0.39, 0.29) is 17.4 Å². The maximum Gasteiger partial charge on any atom is 0.490 e. The average molecular weight is 490 g/mol. The molecule has 0 bridgehead atoms. The van der Waals surface area contributed by atoms with Gasteiger partial charge in [0.25, 0.3) is 5.91 Å². The first-order valence-electron chi connectivity index (χ1n) is 10.9. The van der Waals surface area contributed by atoms with Gasteiger partial charge in [-0.05, 0) is 43.7 Å². The number of hydrogen-bond acceptors (Lipinski definition) is 5. The van der Waals surface area contributed by atoms with Gasteiger partial charge in [0, 0.05) is 43.8 Å². The molecule has 1 fully saturated rings. The fraction of sp³-hybridized carbons (Fsp3) is 0.333. The molecular formula is C24H25F3N4O4. The summed E-state index contributed by atoms with van der Waals surface area (Å²) in [5, 5.41) is 10.8. The second-order valence-corrected chi connectivity index (χ2v) is 8.07. The van der Waals surface area contributed by atoms with Crippen LogP contribution in [0.15, 0.2) is 59.5 Å². The largest absolute Gasteiger partial charge is 0.490 e. The molecule has 1 aromatic carbocycles. The molecule has 1 atom stereocenters. The molecule has 0 aliphatic carbocycles. The second kappa shape index (κ2) is 11.1. The number of para-hydroxylation sites is 1. The molecule has 0 spiro atoms. The number of benzene rings is 1. The van der Waals surface area contributed by atoms with Crippen LogP contribution in [0.2, 0.25) is 0 Å². The van der Waals surface area contributed by atoms with Crippen LogP contribution in [0.4, 0.5) is 13.2 Å². The van der Waals surface area contributed by atoms with Crippen LogP contribution in [0.5, 0.6) is 0 Å². The highest BCUT2D eigenvalue weighted by atomic mass is 19.4. The van der Waals surface area contributed by atoms with Crippen LogP contribution in [0, 0.1) is 0 Å². The van der Waals surface area contributed by atoms with E-state index in [4.69, 9.17) is 9.90 Å². The smallest absolute Gasteiger partial charge is 0.475 e. The number of aromatic nitrogens is 2. The van der Waals surface area contributed by atoms with E-state index < -0.39 is 12.1 Å². The zero-order valence-corrected chi connectivity index (χ0v) is 19.0. The summed E-state index contributed by atoms with van der Waals surface area (Å²) in [7, 11) is 1.82. The number of alkyl halides is 3. The lowest BCUT2D eigenvalue weighted by Crippen LogP contribution is -2.40. The molecule has 186 valence electrons. The number of halogens is 3. The van der Waals surface area contributed by atoms with Crippen molar-refractivity contribution in [1.29, 1.82) is 0 Å². The number of carbonyl (C=O) groups is 2. The van der Waals surface area contributed by atoms with Gasteiger partial charge in [0.05, 0.1) is 11.2 Å². The first-order chi connectivity index (χ1) is 16.6. The molecule has 2 aromatic heterocycles. The summed E-state index contributed by atoms with van der Waals surface area (Å²) in [6.07, 6.45) is -1.12. The number of nitrogens with one attached hydrogen (secondary N) is 1. The van der Waals surface area contributed by atoms with Crippen LogP contribution in [0.3, 0.4) is 0 Å². The van der Waals surface area contributed by atoms with E-state index in [1.807, 2.05) is 49.6 Å². The van der Waals surface area contributed by atoms with Crippen molar-refractivity contribution in [2.24, 2.45) is 7.05 Å². The highest BCUT2D eigenvalue weighted by Crippen LogP contribution is 2.19. The van der Waals surface area contributed by atoms with Gasteiger partial charge in [-0.15, -0.1) is 0 Å². The van der Waals surface area contributed by atoms with Gasteiger partial charge >= 0.3 is 12.1 Å². The fourth-order valence-electron chi connectivity index (χ4n) is 3.96. The molecule has 4 rings (SSSR count). The van der Waals surface area contributed by atoms with Gasteiger partial charge in [-0.2, -0.15) is 13.2 Å². The van der Waals surface area contributed by atoms with Crippen LogP contribution in [-0.4, -0.2) is 56.7 Å². The maximum atomic E-state index is 12.8. The molecule has 1 unspecified atom stereocenters. The summed E-state index contributed by atoms with van der Waals surface area (Å²) < 4.78 is 33.5. The number of fused-ring (bicyclic) bond motifs is 1. The average Bonchev–Trinajstić information content (AvgIpc) is 3.27. The third-order valence-electron chi connectivity index (χ3n) is 5.72. The second-order valence-electron chi connectivity index (χ2n) is 8.07. The summed E-state index contributed by atoms with van der Waals surface area (Å²) in [5.41, 5.74) is 2.06. The molecule has 0 radical (unpaired) electrons. The molecule has 3 heterocycles. The minimum Gasteiger partial charge on any atom is -0.475 e. The summed E-state index contributed by atoms with van der Waals surface area (Å²) in [6.45, 7) is 2.36. The van der Waals surface area contributed by atoms with Crippen LogP contribution in [0.1, 0.15) is 29.0 Å². The predicted molar refractivity (Wildman–Crippen MR) is 123 cm³/mol. The molecule has 2 N–H and O–H groups in total. The van der Waals surface area contributed by atoms with Crippen molar-refractivity contribution in [3.8, 4) is 0 Å². The Hall–Kier alpha value is -3.73. The number of likely N-dealkylation sites (tertiary alicyclic amines) is 1. The molecule has 1 aliphatic rings. The van der Waals surface area contributed by atoms with Crippen molar-refractivity contribution >= 4 is 22.8 Å². The van der Waals surface area contributed by atoms with Gasteiger partial charge < -0.3 is 15.0 Å². The van der Waals surface area contributed by atoms with Crippen molar-refractivity contribution in [3.05, 3.63) is 76.3 Å². The summed E-state index contributed by atoms with van der Waals surface area (Å²) in [4.78, 5) is 40.8. The van der Waals surface area contributed by atoms with Crippen LogP contribution in [0.25, 0.3) is 10.9 Å². The molecule has 3 aromatic rings. The van der Waals surface area contributed by atoms with Gasteiger partial charge in [-0.3, -0.25) is 19.5 Å². The molecule has 35 heavy (non-hydrogen) atoms. The number of carbonyl (C=O) groups excluding carboxylic acids is 1. The number of amides is 1. The van der Waals surface area contributed by atoms with E-state index in [1.165, 1.54) is 6.07 Å². The number of rotatable bonds is 5. The normalized spacial score (nSPS) is 15.9. The van der Waals surface area contributed by atoms with Crippen LogP contribution >= 0.6 is 0 Å². The van der Waals surface area contributed by atoms with E-state index >= 15 is 0 Å². The number of aryl methyl sites for hydroxylation is 1. The third kappa shape index (κ3) is 6.66. The van der Waals surface area contributed by atoms with Crippen LogP contribution < -0.4 is 10.7 Å². The molecular weight excluding hydrogens is 465 g/mol. The number of pyridine rings is 2. The Morgan fingerprint density at radius 2 is 1.86 bits per heavy atom. The third-order valence-corrected chi connectivity index (χ3v) is 5.72. The van der Waals surface area contributed by atoms with Gasteiger partial charge in [-0.25, -0.2) is 4.79 Å². The maximum absolute atomic E-state index is 12.8. The van der Waals surface area contributed by atoms with Crippen LogP contribution in [-0.2, 0) is 18.4 Å². The van der Waals surface area contributed by atoms with Crippen molar-refractivity contribution in [3.63, 3.8) is 0 Å². The van der Waals surface area contributed by atoms with Gasteiger partial charge in [-0.1, -0.05) is 18.2 Å². The van der Waals surface area contributed by atoms with Crippen molar-refractivity contribution < 1.29 is 27.9 Å². The lowest BCUT2D eigenvalue weighted by Gasteiger charge is -2.24. The minimum absolute atomic E-state index is 0.128. The highest BCUT2D eigenvalue weighted by molar-refractivity contribution is 5.95. The summed E-state index contributed by atoms with van der Waals surface area (Å²) >= 11 is 0. The van der Waals surface area contributed by atoms with Gasteiger partial charge in [0.1, 0.15) is 5.69 Å². The van der Waals surface area contributed by atoms with Crippen molar-refractivity contribution in [2.45, 2.75) is 31.6 Å². The highest BCUT2D eigenvalue weighted by Gasteiger charge is 2.38. The number of nitrogens with zero attached hydrogens (tertiary/aromatic N) is 3. The number of carboxylic acid groups (broad SMARTS) is 1. The van der Waals surface area contributed by atoms with Crippen molar-refractivity contribution in [2.75, 3.05) is 13.1 Å². The van der Waals surface area contributed by atoms with Gasteiger partial charge in [0.2, 0.25) is 0 Å². The van der Waals surface area contributed by atoms with E-state index in [0.717, 1.165) is 37.1 Å². The van der Waals surface area contributed by atoms with Gasteiger partial charge in [0.15, 0.2) is 5.43 Å². The Bertz CT molecular complexity index is 1240. The molecule has 1 aliphatic heterocycles. The molecule has 1 amide bonds. The van der Waals surface area contributed by atoms with E-state index in [9.17, 15) is 22.8 Å². The van der Waals surface area contributed by atoms with E-state index in [1.54, 1.807) is 10.6 Å². The Kier molecular flexibility index (Phi) is 8.23. The quantitative estimate of drug-likeness (QED) is 0.570. The standard InChI is InChI=1S/C22H24N4O2.C2HF3O2/c1-25-19-10-3-2-9-18(19)21(27)13-20(25)22(28)24-14-17-8-6-12-26(17)15-16-7-4-5-11-23-16;3-2(4,5)1(6)7/h2-5,7,9-11,13,17H,6,8,12,14-15H2,1H3,(H,24,28);(H,6,7). The molecule has 1 saturated heterocycles. The SMILES string of the molecule is Cn1c(C(=O)NCC2CCCN2Cc2ccccn2)cc(=O)c2ccccc21.O=C(O)C(F)(F)F. The Morgan fingerprint density at radius 3 is 2.51 bits per heavy atom. The predicted octanol–water partition coefficient (Wildman–Crippen LogP) is 2.96. The Labute approximate surface area is 199 Å². The van der Waals surface area contributed by atoms with E-state index in [0.29, 0.717) is 17.6 Å². The lowest BCUT2D eigenvalue weighted by molar-refractivity contribution is -0.192. The Balaban J connectivity index is 0.000000429. The monoisotopic (exact) mass is 490 g/mol. The minimum atomic E-state index is -5.08.